The molecule has 0 unspecified atom stereocenters. The van der Waals surface area contributed by atoms with E-state index in [1.807, 2.05) is 31.2 Å². The third-order valence-corrected chi connectivity index (χ3v) is 6.58. The van der Waals surface area contributed by atoms with Gasteiger partial charge in [0.15, 0.2) is 0 Å². The summed E-state index contributed by atoms with van der Waals surface area (Å²) in [6.07, 6.45) is 2.57. The van der Waals surface area contributed by atoms with Gasteiger partial charge in [0, 0.05) is 18.0 Å². The highest BCUT2D eigenvalue weighted by atomic mass is 35.5. The number of hydrogen-bond acceptors (Lipinski definition) is 4. The van der Waals surface area contributed by atoms with E-state index in [9.17, 15) is 13.2 Å². The molecular formula is C24H33ClN2O4S. The number of nitrogens with zero attached hydrogens (tertiary/aromatic N) is 1. The zero-order chi connectivity index (χ0) is 23.9. The monoisotopic (exact) mass is 480 g/mol. The molecule has 0 spiro atoms. The van der Waals surface area contributed by atoms with Gasteiger partial charge in [-0.3, -0.25) is 9.10 Å². The van der Waals surface area contributed by atoms with E-state index in [0.29, 0.717) is 23.0 Å². The van der Waals surface area contributed by atoms with Gasteiger partial charge in [0.25, 0.3) is 0 Å². The number of sulfonamides is 1. The van der Waals surface area contributed by atoms with Crippen LogP contribution in [0.2, 0.25) is 5.02 Å². The summed E-state index contributed by atoms with van der Waals surface area (Å²) >= 11 is 6.08. The molecule has 0 radical (unpaired) electrons. The van der Waals surface area contributed by atoms with Crippen LogP contribution in [0.5, 0.6) is 5.75 Å². The number of ether oxygens (including phenoxy) is 1. The molecule has 6 nitrogen and oxygen atoms in total. The Bertz CT molecular complexity index is 1010. The van der Waals surface area contributed by atoms with Crippen molar-refractivity contribution < 1.29 is 17.9 Å². The summed E-state index contributed by atoms with van der Waals surface area (Å²) in [7, 11) is -1.89. The summed E-state index contributed by atoms with van der Waals surface area (Å²) in [6.45, 7) is 6.26. The zero-order valence-electron chi connectivity index (χ0n) is 19.4. The maximum absolute atomic E-state index is 12.7. The standard InChI is InChI=1S/C24H33ClN2O4S/c1-17(2)15-22(19-9-12-21(31-4)13-10-19)26-24(28)7-6-14-27(32(5,29)30)23-16-20(25)11-8-18(23)3/h8-13,16-17,22H,6-7,14-15H2,1-5H3,(H,26,28)/t22-/m0/s1. The quantitative estimate of drug-likeness (QED) is 0.485. The fraction of sp³-hybridized carbons (Fsp3) is 0.458. The van der Waals surface area contributed by atoms with Crippen LogP contribution in [-0.4, -0.2) is 34.2 Å². The number of anilines is 1. The lowest BCUT2D eigenvalue weighted by molar-refractivity contribution is -0.122. The van der Waals surface area contributed by atoms with Gasteiger partial charge in [-0.15, -0.1) is 0 Å². The molecule has 1 N–H and O–H groups in total. The fourth-order valence-corrected chi connectivity index (χ4v) is 4.73. The van der Waals surface area contributed by atoms with E-state index < -0.39 is 10.0 Å². The number of amides is 1. The van der Waals surface area contributed by atoms with Crippen LogP contribution in [0.1, 0.15) is 50.3 Å². The number of carbonyl (C=O) groups is 1. The van der Waals surface area contributed by atoms with E-state index in [-0.39, 0.29) is 24.9 Å². The topological polar surface area (TPSA) is 75.7 Å². The number of nitrogens with one attached hydrogen (secondary N) is 1. The molecule has 0 aromatic heterocycles. The summed E-state index contributed by atoms with van der Waals surface area (Å²) in [5, 5.41) is 3.57. The van der Waals surface area contributed by atoms with Gasteiger partial charge in [-0.05, 0) is 61.1 Å². The van der Waals surface area contributed by atoms with E-state index in [1.54, 1.807) is 25.3 Å². The molecule has 2 rings (SSSR count). The minimum atomic E-state index is -3.51. The first kappa shape index (κ1) is 26.0. The van der Waals surface area contributed by atoms with E-state index in [4.69, 9.17) is 16.3 Å². The second-order valence-corrected chi connectivity index (χ2v) is 10.7. The predicted octanol–water partition coefficient (Wildman–Crippen LogP) is 5.11. The molecule has 0 aliphatic heterocycles. The van der Waals surface area contributed by atoms with Crippen molar-refractivity contribution in [1.29, 1.82) is 0 Å². The molecule has 8 heteroatoms. The fourth-order valence-electron chi connectivity index (χ4n) is 3.55. The zero-order valence-corrected chi connectivity index (χ0v) is 21.0. The van der Waals surface area contributed by atoms with Gasteiger partial charge >= 0.3 is 0 Å². The molecule has 0 bridgehead atoms. The van der Waals surface area contributed by atoms with Crippen molar-refractivity contribution in [2.45, 2.75) is 46.1 Å². The second kappa shape index (κ2) is 11.6. The van der Waals surface area contributed by atoms with Crippen molar-refractivity contribution in [3.8, 4) is 5.75 Å². The molecule has 0 heterocycles. The number of aryl methyl sites for hydroxylation is 1. The van der Waals surface area contributed by atoms with Gasteiger partial charge in [-0.25, -0.2) is 8.42 Å². The van der Waals surface area contributed by atoms with Crippen molar-refractivity contribution in [2.24, 2.45) is 5.92 Å². The average molecular weight is 481 g/mol. The maximum Gasteiger partial charge on any atom is 0.232 e. The third kappa shape index (κ3) is 7.71. The highest BCUT2D eigenvalue weighted by Crippen LogP contribution is 2.27. The molecule has 2 aromatic carbocycles. The Labute approximate surface area is 197 Å². The molecule has 0 aliphatic carbocycles. The van der Waals surface area contributed by atoms with E-state index in [0.717, 1.165) is 29.6 Å². The Kier molecular flexibility index (Phi) is 9.40. The van der Waals surface area contributed by atoms with Crippen LogP contribution in [-0.2, 0) is 14.8 Å². The molecule has 0 saturated carbocycles. The van der Waals surface area contributed by atoms with Crippen LogP contribution in [0.25, 0.3) is 0 Å². The number of benzene rings is 2. The highest BCUT2D eigenvalue weighted by molar-refractivity contribution is 7.92. The first-order chi connectivity index (χ1) is 15.0. The minimum absolute atomic E-state index is 0.109. The molecule has 2 aromatic rings. The van der Waals surface area contributed by atoms with Crippen LogP contribution in [0.15, 0.2) is 42.5 Å². The largest absolute Gasteiger partial charge is 0.497 e. The van der Waals surface area contributed by atoms with Gasteiger partial charge in [0.05, 0.1) is 25.1 Å². The Morgan fingerprint density at radius 3 is 2.38 bits per heavy atom. The minimum Gasteiger partial charge on any atom is -0.497 e. The molecule has 1 amide bonds. The average Bonchev–Trinajstić information content (AvgIpc) is 2.71. The molecule has 176 valence electrons. The molecule has 1 atom stereocenters. The van der Waals surface area contributed by atoms with Crippen molar-refractivity contribution in [2.75, 3.05) is 24.2 Å². The van der Waals surface area contributed by atoms with Crippen LogP contribution in [0.4, 0.5) is 5.69 Å². The van der Waals surface area contributed by atoms with Gasteiger partial charge in [-0.2, -0.15) is 0 Å². The van der Waals surface area contributed by atoms with Crippen molar-refractivity contribution in [1.82, 2.24) is 5.32 Å². The predicted molar refractivity (Wildman–Crippen MR) is 131 cm³/mol. The molecule has 0 saturated heterocycles. The summed E-state index contributed by atoms with van der Waals surface area (Å²) < 4.78 is 31.3. The number of methoxy groups -OCH3 is 1. The molecule has 0 aliphatic rings. The lowest BCUT2D eigenvalue weighted by Crippen LogP contribution is -2.33. The van der Waals surface area contributed by atoms with Crippen molar-refractivity contribution in [3.63, 3.8) is 0 Å². The first-order valence-electron chi connectivity index (χ1n) is 10.7. The summed E-state index contributed by atoms with van der Waals surface area (Å²) in [4.78, 5) is 12.7. The summed E-state index contributed by atoms with van der Waals surface area (Å²) in [5.74, 6) is 1.05. The molecule has 32 heavy (non-hydrogen) atoms. The number of carbonyl (C=O) groups excluding carboxylic acids is 1. The SMILES string of the molecule is COc1ccc([C@H](CC(C)C)NC(=O)CCCN(c2cc(Cl)ccc2C)S(C)(=O)=O)cc1. The Morgan fingerprint density at radius 1 is 1.16 bits per heavy atom. The van der Waals surface area contributed by atoms with Crippen LogP contribution in [0.3, 0.4) is 0 Å². The number of rotatable bonds is 11. The summed E-state index contributed by atoms with van der Waals surface area (Å²) in [5.41, 5.74) is 2.36. The third-order valence-electron chi connectivity index (χ3n) is 5.17. The highest BCUT2D eigenvalue weighted by Gasteiger charge is 2.21. The number of halogens is 1. The van der Waals surface area contributed by atoms with E-state index in [2.05, 4.69) is 19.2 Å². The normalized spacial score (nSPS) is 12.5. The van der Waals surface area contributed by atoms with Crippen LogP contribution < -0.4 is 14.4 Å². The Balaban J connectivity index is 2.05. The van der Waals surface area contributed by atoms with Gasteiger partial charge in [0.1, 0.15) is 5.75 Å². The maximum atomic E-state index is 12.7. The number of hydrogen-bond donors (Lipinski definition) is 1. The van der Waals surface area contributed by atoms with E-state index in [1.165, 1.54) is 4.31 Å². The van der Waals surface area contributed by atoms with E-state index >= 15 is 0 Å². The smallest absolute Gasteiger partial charge is 0.232 e. The van der Waals surface area contributed by atoms with Crippen molar-refractivity contribution >= 4 is 33.2 Å². The van der Waals surface area contributed by atoms with Gasteiger partial charge < -0.3 is 10.1 Å². The Morgan fingerprint density at radius 2 is 1.81 bits per heavy atom. The lowest BCUT2D eigenvalue weighted by atomic mass is 9.96. The Hall–Kier alpha value is -2.25. The second-order valence-electron chi connectivity index (χ2n) is 8.39. The summed E-state index contributed by atoms with van der Waals surface area (Å²) in [6, 6.07) is 12.7. The van der Waals surface area contributed by atoms with Gasteiger partial charge in [0.2, 0.25) is 15.9 Å². The van der Waals surface area contributed by atoms with Crippen LogP contribution >= 0.6 is 11.6 Å². The van der Waals surface area contributed by atoms with Crippen LogP contribution in [0, 0.1) is 12.8 Å². The van der Waals surface area contributed by atoms with Gasteiger partial charge in [-0.1, -0.05) is 43.6 Å². The lowest BCUT2D eigenvalue weighted by Gasteiger charge is -2.25. The first-order valence-corrected chi connectivity index (χ1v) is 12.9. The molecular weight excluding hydrogens is 448 g/mol. The molecule has 0 fully saturated rings. The van der Waals surface area contributed by atoms with Crippen molar-refractivity contribution in [3.05, 3.63) is 58.6 Å².